The standard InChI is InChI=1S/C23H37N5O.HI/c1-23(2,21(29)24-3)17-26-22(25-4)28-14-12-20-19(16-28)11-8-13-27(20)15-18-9-6-5-7-10-18;/h5-7,9-10,19-20H,8,11-17H2,1-4H3,(H,24,29)(H,25,26);1H. The van der Waals surface area contributed by atoms with Gasteiger partial charge < -0.3 is 15.5 Å². The van der Waals surface area contributed by atoms with E-state index in [9.17, 15) is 4.79 Å². The van der Waals surface area contributed by atoms with Crippen LogP contribution in [0.1, 0.15) is 38.7 Å². The highest BCUT2D eigenvalue weighted by Gasteiger charge is 2.37. The number of likely N-dealkylation sites (tertiary alicyclic amines) is 2. The number of hydrogen-bond donors (Lipinski definition) is 2. The number of carbonyl (C=O) groups is 1. The number of halogens is 1. The number of fused-ring (bicyclic) bond motifs is 1. The lowest BCUT2D eigenvalue weighted by Gasteiger charge is -2.48. The lowest BCUT2D eigenvalue weighted by Crippen LogP contribution is -2.57. The SMILES string of the molecule is CN=C(NCC(C)(C)C(=O)NC)N1CCC2C(CCCN2Cc2ccccc2)C1.I. The van der Waals surface area contributed by atoms with E-state index in [0.29, 0.717) is 18.5 Å². The number of rotatable bonds is 5. The average Bonchev–Trinajstić information content (AvgIpc) is 2.74. The molecule has 6 nitrogen and oxygen atoms in total. The third-order valence-electron chi connectivity index (χ3n) is 6.45. The number of nitrogens with zero attached hydrogens (tertiary/aromatic N) is 3. The van der Waals surface area contributed by atoms with Crippen LogP contribution in [0.4, 0.5) is 0 Å². The second kappa shape index (κ2) is 11.3. The zero-order chi connectivity index (χ0) is 20.9. The summed E-state index contributed by atoms with van der Waals surface area (Å²) in [4.78, 5) is 21.7. The zero-order valence-electron chi connectivity index (χ0n) is 18.9. The predicted octanol–water partition coefficient (Wildman–Crippen LogP) is 2.94. The molecule has 2 fully saturated rings. The number of hydrogen-bond acceptors (Lipinski definition) is 3. The lowest BCUT2D eigenvalue weighted by atomic mass is 9.83. The summed E-state index contributed by atoms with van der Waals surface area (Å²) in [6.45, 7) is 8.78. The molecule has 2 saturated heterocycles. The van der Waals surface area contributed by atoms with E-state index in [1.165, 1.54) is 24.9 Å². The number of guanidine groups is 1. The topological polar surface area (TPSA) is 60.0 Å². The Morgan fingerprint density at radius 3 is 2.60 bits per heavy atom. The van der Waals surface area contributed by atoms with Gasteiger partial charge in [0.05, 0.1) is 5.41 Å². The minimum atomic E-state index is -0.472. The summed E-state index contributed by atoms with van der Waals surface area (Å²) in [5.74, 6) is 1.63. The second-order valence-corrected chi connectivity index (χ2v) is 9.02. The number of benzene rings is 1. The molecular formula is C23H38IN5O. The molecule has 0 spiro atoms. The Morgan fingerprint density at radius 2 is 1.93 bits per heavy atom. The van der Waals surface area contributed by atoms with Gasteiger partial charge in [-0.3, -0.25) is 14.7 Å². The molecule has 0 bridgehead atoms. The van der Waals surface area contributed by atoms with E-state index >= 15 is 0 Å². The van der Waals surface area contributed by atoms with Crippen LogP contribution in [-0.4, -0.2) is 68.0 Å². The van der Waals surface area contributed by atoms with Crippen LogP contribution in [-0.2, 0) is 11.3 Å². The highest BCUT2D eigenvalue weighted by Crippen LogP contribution is 2.31. The molecule has 168 valence electrons. The Labute approximate surface area is 198 Å². The van der Waals surface area contributed by atoms with Crippen LogP contribution in [0.2, 0.25) is 0 Å². The molecule has 2 atom stereocenters. The third-order valence-corrected chi connectivity index (χ3v) is 6.45. The number of aliphatic imine (C=N–C) groups is 1. The van der Waals surface area contributed by atoms with Crippen molar-refractivity contribution < 1.29 is 4.79 Å². The Bertz CT molecular complexity index is 709. The Kier molecular flexibility index (Phi) is 9.40. The number of amides is 1. The van der Waals surface area contributed by atoms with Gasteiger partial charge in [0.25, 0.3) is 0 Å². The van der Waals surface area contributed by atoms with Crippen LogP contribution in [0.25, 0.3) is 0 Å². The van der Waals surface area contributed by atoms with Gasteiger partial charge >= 0.3 is 0 Å². The van der Waals surface area contributed by atoms with Gasteiger partial charge in [-0.1, -0.05) is 30.3 Å². The minimum absolute atomic E-state index is 0. The molecule has 30 heavy (non-hydrogen) atoms. The van der Waals surface area contributed by atoms with Crippen LogP contribution < -0.4 is 10.6 Å². The largest absolute Gasteiger partial charge is 0.359 e. The van der Waals surface area contributed by atoms with Crippen LogP contribution in [0.15, 0.2) is 35.3 Å². The maximum Gasteiger partial charge on any atom is 0.227 e. The van der Waals surface area contributed by atoms with Crippen molar-refractivity contribution in [3.63, 3.8) is 0 Å². The quantitative estimate of drug-likeness (QED) is 0.351. The first-order chi connectivity index (χ1) is 13.9. The maximum atomic E-state index is 12.1. The molecule has 7 heteroatoms. The van der Waals surface area contributed by atoms with Crippen LogP contribution in [0.5, 0.6) is 0 Å². The van der Waals surface area contributed by atoms with Crippen LogP contribution in [0, 0.1) is 11.3 Å². The number of carbonyl (C=O) groups excluding carboxylic acids is 1. The summed E-state index contributed by atoms with van der Waals surface area (Å²) in [7, 11) is 3.53. The molecule has 3 rings (SSSR count). The maximum absolute atomic E-state index is 12.1. The van der Waals surface area contributed by atoms with Crippen molar-refractivity contribution >= 4 is 35.8 Å². The van der Waals surface area contributed by atoms with E-state index in [2.05, 4.69) is 55.8 Å². The van der Waals surface area contributed by atoms with E-state index in [1.54, 1.807) is 7.05 Å². The van der Waals surface area contributed by atoms with Crippen molar-refractivity contribution in [2.75, 3.05) is 40.3 Å². The zero-order valence-corrected chi connectivity index (χ0v) is 21.2. The van der Waals surface area contributed by atoms with Gasteiger partial charge in [0.15, 0.2) is 5.96 Å². The fourth-order valence-electron chi connectivity index (χ4n) is 4.76. The molecule has 0 saturated carbocycles. The molecule has 0 aliphatic carbocycles. The number of piperidine rings is 2. The average molecular weight is 527 g/mol. The molecule has 1 aromatic rings. The smallest absolute Gasteiger partial charge is 0.227 e. The third kappa shape index (κ3) is 6.09. The van der Waals surface area contributed by atoms with Crippen molar-refractivity contribution in [2.24, 2.45) is 16.3 Å². The van der Waals surface area contributed by atoms with E-state index in [1.807, 2.05) is 20.9 Å². The fourth-order valence-corrected chi connectivity index (χ4v) is 4.76. The summed E-state index contributed by atoms with van der Waals surface area (Å²) in [5.41, 5.74) is 0.935. The molecule has 0 aromatic heterocycles. The summed E-state index contributed by atoms with van der Waals surface area (Å²) < 4.78 is 0. The van der Waals surface area contributed by atoms with E-state index < -0.39 is 5.41 Å². The number of nitrogens with one attached hydrogen (secondary N) is 2. The Morgan fingerprint density at radius 1 is 1.20 bits per heavy atom. The Balaban J connectivity index is 0.00000320. The molecule has 2 heterocycles. The summed E-state index contributed by atoms with van der Waals surface area (Å²) >= 11 is 0. The predicted molar refractivity (Wildman–Crippen MR) is 134 cm³/mol. The van der Waals surface area contributed by atoms with Gasteiger partial charge in [-0.25, -0.2) is 0 Å². The van der Waals surface area contributed by atoms with Crippen molar-refractivity contribution in [2.45, 2.75) is 45.7 Å². The summed E-state index contributed by atoms with van der Waals surface area (Å²) in [6.07, 6.45) is 3.71. The monoisotopic (exact) mass is 527 g/mol. The molecule has 0 radical (unpaired) electrons. The molecular weight excluding hydrogens is 489 g/mol. The molecule has 1 aromatic carbocycles. The van der Waals surface area contributed by atoms with Gasteiger partial charge in [0.1, 0.15) is 0 Å². The normalized spacial score (nSPS) is 22.7. The van der Waals surface area contributed by atoms with E-state index in [0.717, 1.165) is 32.0 Å². The van der Waals surface area contributed by atoms with Crippen LogP contribution >= 0.6 is 24.0 Å². The first-order valence-corrected chi connectivity index (χ1v) is 10.9. The summed E-state index contributed by atoms with van der Waals surface area (Å²) in [6, 6.07) is 11.5. The van der Waals surface area contributed by atoms with E-state index in [4.69, 9.17) is 0 Å². The first kappa shape index (κ1) is 24.9. The lowest BCUT2D eigenvalue weighted by molar-refractivity contribution is -0.128. The molecule has 2 aliphatic rings. The Hall–Kier alpha value is -1.35. The van der Waals surface area contributed by atoms with Crippen molar-refractivity contribution in [3.05, 3.63) is 35.9 Å². The molecule has 2 unspecified atom stereocenters. The minimum Gasteiger partial charge on any atom is -0.359 e. The van der Waals surface area contributed by atoms with Gasteiger partial charge in [-0.2, -0.15) is 0 Å². The van der Waals surface area contributed by atoms with Gasteiger partial charge in [0.2, 0.25) is 5.91 Å². The van der Waals surface area contributed by atoms with Crippen LogP contribution in [0.3, 0.4) is 0 Å². The van der Waals surface area contributed by atoms with E-state index in [-0.39, 0.29) is 29.9 Å². The molecule has 2 N–H and O–H groups in total. The van der Waals surface area contributed by atoms with Crippen molar-refractivity contribution in [1.82, 2.24) is 20.4 Å². The molecule has 2 aliphatic heterocycles. The highest BCUT2D eigenvalue weighted by molar-refractivity contribution is 14.0. The molecule has 1 amide bonds. The van der Waals surface area contributed by atoms with Gasteiger partial charge in [0, 0.05) is 46.3 Å². The van der Waals surface area contributed by atoms with Gasteiger partial charge in [-0.05, 0) is 51.1 Å². The second-order valence-electron chi connectivity index (χ2n) is 9.02. The fraction of sp³-hybridized carbons (Fsp3) is 0.652. The first-order valence-electron chi connectivity index (χ1n) is 10.9. The van der Waals surface area contributed by atoms with Crippen molar-refractivity contribution in [3.8, 4) is 0 Å². The van der Waals surface area contributed by atoms with Gasteiger partial charge in [-0.15, -0.1) is 24.0 Å². The van der Waals surface area contributed by atoms with Crippen molar-refractivity contribution in [1.29, 1.82) is 0 Å². The summed E-state index contributed by atoms with van der Waals surface area (Å²) in [5, 5.41) is 6.19. The highest BCUT2D eigenvalue weighted by atomic mass is 127.